The number of carbonyl (C=O) groups excluding carboxylic acids is 1. The van der Waals surface area contributed by atoms with E-state index < -0.39 is 6.04 Å². The SMILES string of the molecule is CSCC[C@H](N)C(=O)NC(CN)C1CCCCC1. The number of thioether (sulfide) groups is 1. The Morgan fingerprint density at radius 3 is 2.61 bits per heavy atom. The van der Waals surface area contributed by atoms with Crippen LogP contribution in [0.15, 0.2) is 0 Å². The summed E-state index contributed by atoms with van der Waals surface area (Å²) in [5, 5.41) is 3.05. The first kappa shape index (κ1) is 15.8. The predicted molar refractivity (Wildman–Crippen MR) is 78.5 cm³/mol. The van der Waals surface area contributed by atoms with Gasteiger partial charge in [-0.15, -0.1) is 0 Å². The predicted octanol–water partition coefficient (Wildman–Crippen LogP) is 1.09. The van der Waals surface area contributed by atoms with Crippen molar-refractivity contribution < 1.29 is 4.79 Å². The molecule has 0 radical (unpaired) electrons. The highest BCUT2D eigenvalue weighted by atomic mass is 32.2. The van der Waals surface area contributed by atoms with E-state index in [1.165, 1.54) is 32.1 Å². The van der Waals surface area contributed by atoms with Gasteiger partial charge in [0.25, 0.3) is 0 Å². The van der Waals surface area contributed by atoms with Gasteiger partial charge in [-0.1, -0.05) is 19.3 Å². The number of rotatable bonds is 7. The van der Waals surface area contributed by atoms with Crippen molar-refractivity contribution in [1.82, 2.24) is 5.32 Å². The molecular formula is C13H27N3OS. The van der Waals surface area contributed by atoms with Crippen LogP contribution >= 0.6 is 11.8 Å². The minimum absolute atomic E-state index is 0.0370. The van der Waals surface area contributed by atoms with E-state index in [2.05, 4.69) is 5.32 Å². The highest BCUT2D eigenvalue weighted by molar-refractivity contribution is 7.98. The number of nitrogens with one attached hydrogen (secondary N) is 1. The molecule has 0 bridgehead atoms. The first-order chi connectivity index (χ1) is 8.69. The first-order valence-electron chi connectivity index (χ1n) is 6.94. The monoisotopic (exact) mass is 273 g/mol. The number of amides is 1. The molecule has 106 valence electrons. The third-order valence-electron chi connectivity index (χ3n) is 3.77. The van der Waals surface area contributed by atoms with Crippen molar-refractivity contribution >= 4 is 17.7 Å². The van der Waals surface area contributed by atoms with Crippen molar-refractivity contribution in [2.75, 3.05) is 18.6 Å². The lowest BCUT2D eigenvalue weighted by atomic mass is 9.84. The highest BCUT2D eigenvalue weighted by Crippen LogP contribution is 2.26. The molecule has 5 heteroatoms. The molecule has 5 N–H and O–H groups in total. The molecule has 1 aliphatic carbocycles. The number of hydrogen-bond donors (Lipinski definition) is 3. The van der Waals surface area contributed by atoms with Crippen molar-refractivity contribution in [3.63, 3.8) is 0 Å². The number of nitrogens with two attached hydrogens (primary N) is 2. The summed E-state index contributed by atoms with van der Waals surface area (Å²) in [5.41, 5.74) is 11.7. The van der Waals surface area contributed by atoms with E-state index in [9.17, 15) is 4.79 Å². The van der Waals surface area contributed by atoms with Gasteiger partial charge in [0.1, 0.15) is 0 Å². The van der Waals surface area contributed by atoms with E-state index in [0.717, 1.165) is 12.2 Å². The second-order valence-electron chi connectivity index (χ2n) is 5.14. The molecule has 0 aromatic heterocycles. The van der Waals surface area contributed by atoms with Gasteiger partial charge in [-0.2, -0.15) is 11.8 Å². The lowest BCUT2D eigenvalue weighted by Gasteiger charge is -2.30. The van der Waals surface area contributed by atoms with E-state index in [0.29, 0.717) is 12.5 Å². The maximum absolute atomic E-state index is 12.0. The molecule has 1 rings (SSSR count). The molecule has 2 atom stereocenters. The Kier molecular flexibility index (Phi) is 7.70. The van der Waals surface area contributed by atoms with Crippen LogP contribution in [0, 0.1) is 5.92 Å². The van der Waals surface area contributed by atoms with Crippen molar-refractivity contribution in [2.24, 2.45) is 17.4 Å². The molecule has 0 saturated heterocycles. The lowest BCUT2D eigenvalue weighted by molar-refractivity contribution is -0.123. The molecular weight excluding hydrogens is 246 g/mol. The summed E-state index contributed by atoms with van der Waals surface area (Å²) < 4.78 is 0. The minimum Gasteiger partial charge on any atom is -0.350 e. The van der Waals surface area contributed by atoms with Gasteiger partial charge >= 0.3 is 0 Å². The van der Waals surface area contributed by atoms with Crippen molar-refractivity contribution in [1.29, 1.82) is 0 Å². The summed E-state index contributed by atoms with van der Waals surface area (Å²) in [7, 11) is 0. The summed E-state index contributed by atoms with van der Waals surface area (Å²) in [5.74, 6) is 1.43. The summed E-state index contributed by atoms with van der Waals surface area (Å²) in [4.78, 5) is 12.0. The molecule has 0 aromatic rings. The summed E-state index contributed by atoms with van der Waals surface area (Å²) >= 11 is 1.72. The van der Waals surface area contributed by atoms with Crippen LogP contribution in [-0.4, -0.2) is 36.5 Å². The Bertz CT molecular complexity index is 244. The van der Waals surface area contributed by atoms with Crippen LogP contribution in [0.4, 0.5) is 0 Å². The minimum atomic E-state index is -0.393. The van der Waals surface area contributed by atoms with E-state index >= 15 is 0 Å². The molecule has 1 unspecified atom stereocenters. The molecule has 0 aliphatic heterocycles. The van der Waals surface area contributed by atoms with Crippen LogP contribution in [0.5, 0.6) is 0 Å². The van der Waals surface area contributed by atoms with Gasteiger partial charge in [-0.3, -0.25) is 4.79 Å². The third-order valence-corrected chi connectivity index (χ3v) is 4.41. The van der Waals surface area contributed by atoms with Crippen molar-refractivity contribution in [3.8, 4) is 0 Å². The van der Waals surface area contributed by atoms with Crippen LogP contribution in [0.3, 0.4) is 0 Å². The van der Waals surface area contributed by atoms with Crippen LogP contribution < -0.4 is 16.8 Å². The molecule has 1 aliphatic rings. The average molecular weight is 273 g/mol. The summed E-state index contributed by atoms with van der Waals surface area (Å²) in [6.45, 7) is 0.519. The second kappa shape index (κ2) is 8.77. The largest absolute Gasteiger partial charge is 0.350 e. The van der Waals surface area contributed by atoms with Crippen LogP contribution in [-0.2, 0) is 4.79 Å². The Labute approximate surface area is 115 Å². The van der Waals surface area contributed by atoms with Crippen LogP contribution in [0.2, 0.25) is 0 Å². The zero-order valence-electron chi connectivity index (χ0n) is 11.4. The third kappa shape index (κ3) is 5.16. The zero-order chi connectivity index (χ0) is 13.4. The Morgan fingerprint density at radius 2 is 2.06 bits per heavy atom. The Balaban J connectivity index is 2.38. The quantitative estimate of drug-likeness (QED) is 0.648. The van der Waals surface area contributed by atoms with E-state index in [1.807, 2.05) is 6.26 Å². The Hall–Kier alpha value is -0.260. The van der Waals surface area contributed by atoms with Gasteiger partial charge in [-0.25, -0.2) is 0 Å². The smallest absolute Gasteiger partial charge is 0.237 e. The molecule has 1 fully saturated rings. The number of carbonyl (C=O) groups is 1. The first-order valence-corrected chi connectivity index (χ1v) is 8.33. The van der Waals surface area contributed by atoms with Crippen molar-refractivity contribution in [3.05, 3.63) is 0 Å². The van der Waals surface area contributed by atoms with Gasteiger partial charge in [0.15, 0.2) is 0 Å². The molecule has 18 heavy (non-hydrogen) atoms. The fraction of sp³-hybridized carbons (Fsp3) is 0.923. The number of hydrogen-bond acceptors (Lipinski definition) is 4. The maximum Gasteiger partial charge on any atom is 0.237 e. The summed E-state index contributed by atoms with van der Waals surface area (Å²) in [6.07, 6.45) is 8.95. The zero-order valence-corrected chi connectivity index (χ0v) is 12.2. The van der Waals surface area contributed by atoms with Gasteiger partial charge in [-0.05, 0) is 37.2 Å². The fourth-order valence-corrected chi connectivity index (χ4v) is 3.06. The molecule has 1 amide bonds. The van der Waals surface area contributed by atoms with Crippen LogP contribution in [0.25, 0.3) is 0 Å². The van der Waals surface area contributed by atoms with Crippen LogP contribution in [0.1, 0.15) is 38.5 Å². The Morgan fingerprint density at radius 1 is 1.39 bits per heavy atom. The maximum atomic E-state index is 12.0. The lowest BCUT2D eigenvalue weighted by Crippen LogP contribution is -2.51. The topological polar surface area (TPSA) is 81.1 Å². The van der Waals surface area contributed by atoms with Gasteiger partial charge in [0.05, 0.1) is 6.04 Å². The van der Waals surface area contributed by atoms with E-state index in [1.54, 1.807) is 11.8 Å². The van der Waals surface area contributed by atoms with Gasteiger partial charge < -0.3 is 16.8 Å². The highest BCUT2D eigenvalue weighted by Gasteiger charge is 2.25. The van der Waals surface area contributed by atoms with Gasteiger partial charge in [0, 0.05) is 12.6 Å². The normalized spacial score (nSPS) is 20.4. The summed E-state index contributed by atoms with van der Waals surface area (Å²) in [6, 6.07) is -0.284. The molecule has 1 saturated carbocycles. The molecule has 0 aromatic carbocycles. The van der Waals surface area contributed by atoms with E-state index in [-0.39, 0.29) is 11.9 Å². The van der Waals surface area contributed by atoms with E-state index in [4.69, 9.17) is 11.5 Å². The average Bonchev–Trinajstić information content (AvgIpc) is 2.42. The molecule has 4 nitrogen and oxygen atoms in total. The molecule has 0 heterocycles. The fourth-order valence-electron chi connectivity index (χ4n) is 2.57. The van der Waals surface area contributed by atoms with Crippen molar-refractivity contribution in [2.45, 2.75) is 50.6 Å². The standard InChI is InChI=1S/C13H27N3OS/c1-18-8-7-11(15)13(17)16-12(9-14)10-5-3-2-4-6-10/h10-12H,2-9,14-15H2,1H3,(H,16,17)/t11-,12?/m0/s1. The second-order valence-corrected chi connectivity index (χ2v) is 6.12. The molecule has 0 spiro atoms. The van der Waals surface area contributed by atoms with Gasteiger partial charge in [0.2, 0.25) is 5.91 Å².